The number of hydrogen-bond acceptors (Lipinski definition) is 4. The molecule has 5 nitrogen and oxygen atoms in total. The Kier molecular flexibility index (Phi) is 4.30. The molecule has 6 heteroatoms. The molecule has 1 amide bonds. The van der Waals surface area contributed by atoms with Crippen molar-refractivity contribution in [3.05, 3.63) is 53.1 Å². The van der Waals surface area contributed by atoms with E-state index in [-0.39, 0.29) is 18.1 Å². The third kappa shape index (κ3) is 3.20. The molecule has 1 aromatic heterocycles. The highest BCUT2D eigenvalue weighted by Gasteiger charge is 2.11. The number of nitrogens with zero attached hydrogens (tertiary/aromatic N) is 2. The van der Waals surface area contributed by atoms with Gasteiger partial charge in [0, 0.05) is 29.5 Å². The van der Waals surface area contributed by atoms with Gasteiger partial charge in [-0.25, -0.2) is 4.98 Å². The lowest BCUT2D eigenvalue weighted by atomic mass is 10.2. The van der Waals surface area contributed by atoms with E-state index in [1.165, 1.54) is 18.6 Å². The molecule has 19 heavy (non-hydrogen) atoms. The largest absolute Gasteiger partial charge is 0.496 e. The van der Waals surface area contributed by atoms with Gasteiger partial charge in [-0.2, -0.15) is 0 Å². The van der Waals surface area contributed by atoms with Gasteiger partial charge in [0.25, 0.3) is 5.91 Å². The number of carbonyl (C=O) groups is 1. The van der Waals surface area contributed by atoms with Gasteiger partial charge in [-0.15, -0.1) is 0 Å². The van der Waals surface area contributed by atoms with Crippen molar-refractivity contribution in [2.24, 2.45) is 0 Å². The number of halogens is 1. The number of rotatable bonds is 4. The van der Waals surface area contributed by atoms with Gasteiger partial charge in [-0.3, -0.25) is 9.78 Å². The maximum absolute atomic E-state index is 11.8. The number of hydrogen-bond donors (Lipinski definition) is 1. The summed E-state index contributed by atoms with van der Waals surface area (Å²) in [4.78, 5) is 19.6. The van der Waals surface area contributed by atoms with Crippen LogP contribution in [-0.4, -0.2) is 23.0 Å². The highest BCUT2D eigenvalue weighted by Crippen LogP contribution is 2.25. The van der Waals surface area contributed by atoms with Gasteiger partial charge in [-0.1, -0.05) is 17.7 Å². The van der Waals surface area contributed by atoms with E-state index >= 15 is 0 Å². The molecule has 0 aliphatic heterocycles. The van der Waals surface area contributed by atoms with Gasteiger partial charge < -0.3 is 10.1 Å². The Bertz CT molecular complexity index is 575. The predicted molar refractivity (Wildman–Crippen MR) is 71.2 cm³/mol. The number of methoxy groups -OCH3 is 1. The molecule has 0 saturated heterocycles. The van der Waals surface area contributed by atoms with Crippen LogP contribution in [0.2, 0.25) is 5.02 Å². The molecular weight excluding hydrogens is 266 g/mol. The quantitative estimate of drug-likeness (QED) is 0.929. The second-order valence-electron chi connectivity index (χ2n) is 3.69. The summed E-state index contributed by atoms with van der Waals surface area (Å²) in [5.41, 5.74) is 0.984. The van der Waals surface area contributed by atoms with Gasteiger partial charge in [0.05, 0.1) is 13.3 Å². The molecule has 2 rings (SSSR count). The van der Waals surface area contributed by atoms with Gasteiger partial charge in [0.2, 0.25) is 0 Å². The van der Waals surface area contributed by atoms with Gasteiger partial charge in [0.15, 0.2) is 0 Å². The maximum atomic E-state index is 11.8. The van der Waals surface area contributed by atoms with E-state index in [9.17, 15) is 4.79 Å². The van der Waals surface area contributed by atoms with Crippen LogP contribution in [0.5, 0.6) is 5.75 Å². The van der Waals surface area contributed by atoms with Crippen molar-refractivity contribution in [3.8, 4) is 5.75 Å². The van der Waals surface area contributed by atoms with Crippen molar-refractivity contribution in [1.82, 2.24) is 15.3 Å². The predicted octanol–water partition coefficient (Wildman–Crippen LogP) is 2.07. The van der Waals surface area contributed by atoms with E-state index in [0.717, 1.165) is 5.56 Å². The van der Waals surface area contributed by atoms with E-state index in [4.69, 9.17) is 16.3 Å². The molecule has 1 heterocycles. The van der Waals surface area contributed by atoms with E-state index in [2.05, 4.69) is 15.3 Å². The van der Waals surface area contributed by atoms with Crippen molar-refractivity contribution < 1.29 is 9.53 Å². The SMILES string of the molecule is COc1cccc(Cl)c1CNC(=O)c1cnccn1. The van der Waals surface area contributed by atoms with Crippen molar-refractivity contribution in [3.63, 3.8) is 0 Å². The summed E-state index contributed by atoms with van der Waals surface area (Å²) in [6.45, 7) is 0.262. The second-order valence-corrected chi connectivity index (χ2v) is 4.10. The third-order valence-electron chi connectivity index (χ3n) is 2.52. The highest BCUT2D eigenvalue weighted by atomic mass is 35.5. The van der Waals surface area contributed by atoms with Gasteiger partial charge >= 0.3 is 0 Å². The van der Waals surface area contributed by atoms with Crippen LogP contribution in [0.25, 0.3) is 0 Å². The number of carbonyl (C=O) groups excluding carboxylic acids is 1. The molecule has 1 N–H and O–H groups in total. The molecule has 98 valence electrons. The topological polar surface area (TPSA) is 64.1 Å². The van der Waals surface area contributed by atoms with Gasteiger partial charge in [0.1, 0.15) is 11.4 Å². The Labute approximate surface area is 115 Å². The first kappa shape index (κ1) is 13.3. The zero-order chi connectivity index (χ0) is 13.7. The lowest BCUT2D eigenvalue weighted by molar-refractivity contribution is 0.0945. The Morgan fingerprint density at radius 3 is 2.95 bits per heavy atom. The fraction of sp³-hybridized carbons (Fsp3) is 0.154. The molecule has 0 aliphatic rings. The summed E-state index contributed by atoms with van der Waals surface area (Å²) in [5.74, 6) is 0.321. The van der Waals surface area contributed by atoms with Crippen LogP contribution in [0, 0.1) is 0 Å². The van der Waals surface area contributed by atoms with Gasteiger partial charge in [-0.05, 0) is 12.1 Å². The first-order chi connectivity index (χ1) is 9.22. The van der Waals surface area contributed by atoms with Crippen LogP contribution in [0.4, 0.5) is 0 Å². The molecule has 0 spiro atoms. The smallest absolute Gasteiger partial charge is 0.271 e. The van der Waals surface area contributed by atoms with E-state index in [0.29, 0.717) is 10.8 Å². The Morgan fingerprint density at radius 1 is 1.42 bits per heavy atom. The molecule has 0 aliphatic carbocycles. The summed E-state index contributed by atoms with van der Waals surface area (Å²) < 4.78 is 5.20. The first-order valence-corrected chi connectivity index (χ1v) is 5.95. The standard InChI is InChI=1S/C13H12ClN3O2/c1-19-12-4-2-3-10(14)9(12)7-17-13(18)11-8-15-5-6-16-11/h2-6,8H,7H2,1H3,(H,17,18). The Balaban J connectivity index is 2.09. The minimum atomic E-state index is -0.310. The summed E-state index contributed by atoms with van der Waals surface area (Å²) >= 11 is 6.08. The van der Waals surface area contributed by atoms with Crippen molar-refractivity contribution in [2.75, 3.05) is 7.11 Å². The van der Waals surface area contributed by atoms with Crippen molar-refractivity contribution in [1.29, 1.82) is 0 Å². The van der Waals surface area contributed by atoms with E-state index in [1.54, 1.807) is 25.3 Å². The molecule has 0 atom stereocenters. The second kappa shape index (κ2) is 6.15. The lowest BCUT2D eigenvalue weighted by Gasteiger charge is -2.11. The zero-order valence-electron chi connectivity index (χ0n) is 10.3. The number of nitrogens with one attached hydrogen (secondary N) is 1. The molecule has 0 saturated carbocycles. The normalized spacial score (nSPS) is 10.0. The molecule has 0 radical (unpaired) electrons. The summed E-state index contributed by atoms with van der Waals surface area (Å²) in [6, 6.07) is 5.32. The molecule has 1 aromatic carbocycles. The minimum absolute atomic E-state index is 0.258. The Hall–Kier alpha value is -2.14. The molecule has 0 bridgehead atoms. The monoisotopic (exact) mass is 277 g/mol. The fourth-order valence-corrected chi connectivity index (χ4v) is 1.81. The van der Waals surface area contributed by atoms with Crippen LogP contribution in [0.1, 0.15) is 16.1 Å². The highest BCUT2D eigenvalue weighted by molar-refractivity contribution is 6.31. The van der Waals surface area contributed by atoms with Crippen LogP contribution in [-0.2, 0) is 6.54 Å². The lowest BCUT2D eigenvalue weighted by Crippen LogP contribution is -2.24. The summed E-state index contributed by atoms with van der Waals surface area (Å²) in [7, 11) is 1.56. The van der Waals surface area contributed by atoms with Crippen molar-refractivity contribution in [2.45, 2.75) is 6.54 Å². The number of amides is 1. The number of ether oxygens (including phenoxy) is 1. The zero-order valence-corrected chi connectivity index (χ0v) is 11.0. The molecule has 2 aromatic rings. The average Bonchev–Trinajstić information content (AvgIpc) is 2.46. The third-order valence-corrected chi connectivity index (χ3v) is 2.87. The summed E-state index contributed by atoms with van der Waals surface area (Å²) in [5, 5.41) is 3.27. The number of aromatic nitrogens is 2. The number of benzene rings is 1. The van der Waals surface area contributed by atoms with Crippen LogP contribution in [0.15, 0.2) is 36.8 Å². The molecular formula is C13H12ClN3O2. The van der Waals surface area contributed by atoms with Crippen LogP contribution >= 0.6 is 11.6 Å². The fourth-order valence-electron chi connectivity index (χ4n) is 1.58. The molecule has 0 unspecified atom stereocenters. The van der Waals surface area contributed by atoms with Crippen molar-refractivity contribution >= 4 is 17.5 Å². The first-order valence-electron chi connectivity index (χ1n) is 5.58. The summed E-state index contributed by atoms with van der Waals surface area (Å²) in [6.07, 6.45) is 4.37. The molecule has 0 fully saturated rings. The van der Waals surface area contributed by atoms with E-state index in [1.807, 2.05) is 0 Å². The van der Waals surface area contributed by atoms with Crippen LogP contribution < -0.4 is 10.1 Å². The van der Waals surface area contributed by atoms with E-state index < -0.39 is 0 Å². The maximum Gasteiger partial charge on any atom is 0.271 e. The average molecular weight is 278 g/mol. The minimum Gasteiger partial charge on any atom is -0.496 e. The van der Waals surface area contributed by atoms with Crippen LogP contribution in [0.3, 0.4) is 0 Å². The Morgan fingerprint density at radius 2 is 2.26 bits per heavy atom.